The number of halogens is 2. The quantitative estimate of drug-likeness (QED) is 0.594. The number of nitrogens with one attached hydrogen (secondary N) is 1. The molecule has 1 unspecified atom stereocenters. The Morgan fingerprint density at radius 3 is 2.77 bits per heavy atom. The molecule has 0 fully saturated rings. The first-order valence-corrected chi connectivity index (χ1v) is 8.87. The van der Waals surface area contributed by atoms with Crippen LogP contribution >= 0.6 is 38.9 Å². The van der Waals surface area contributed by atoms with Crippen LogP contribution in [0.25, 0.3) is 21.3 Å². The summed E-state index contributed by atoms with van der Waals surface area (Å²) in [6, 6.07) is 6.12. The molecule has 1 atom stereocenters. The van der Waals surface area contributed by atoms with Crippen LogP contribution in [0, 0.1) is 13.8 Å². The van der Waals surface area contributed by atoms with Gasteiger partial charge in [0.25, 0.3) is 5.56 Å². The lowest BCUT2D eigenvalue weighted by Gasteiger charge is -2.07. The van der Waals surface area contributed by atoms with E-state index in [1.807, 2.05) is 26.0 Å². The highest BCUT2D eigenvalue weighted by Gasteiger charge is 2.19. The molecule has 0 aliphatic carbocycles. The minimum absolute atomic E-state index is 0.139. The first-order chi connectivity index (χ1) is 10.4. The molecule has 1 aromatic carbocycles. The van der Waals surface area contributed by atoms with Crippen molar-refractivity contribution in [3.63, 3.8) is 0 Å². The van der Waals surface area contributed by atoms with Gasteiger partial charge in [0.15, 0.2) is 0 Å². The molecule has 0 aliphatic rings. The van der Waals surface area contributed by atoms with Crippen LogP contribution in [0.15, 0.2) is 27.5 Å². The number of hydrogen-bond acceptors (Lipinski definition) is 3. The summed E-state index contributed by atoms with van der Waals surface area (Å²) >= 11 is 11.2. The summed E-state index contributed by atoms with van der Waals surface area (Å²) in [6.45, 7) is 5.85. The van der Waals surface area contributed by atoms with E-state index >= 15 is 0 Å². The Morgan fingerprint density at radius 1 is 1.36 bits per heavy atom. The van der Waals surface area contributed by atoms with E-state index in [2.05, 4.69) is 32.0 Å². The van der Waals surface area contributed by atoms with E-state index in [1.165, 1.54) is 11.3 Å². The fourth-order valence-electron chi connectivity index (χ4n) is 2.48. The number of aromatic nitrogens is 2. The number of benzene rings is 1. The van der Waals surface area contributed by atoms with Gasteiger partial charge < -0.3 is 4.98 Å². The largest absolute Gasteiger partial charge is 0.309 e. The number of aryl methyl sites for hydroxylation is 2. The summed E-state index contributed by atoms with van der Waals surface area (Å²) in [5.74, 6) is 0.510. The molecule has 3 rings (SSSR count). The van der Waals surface area contributed by atoms with Gasteiger partial charge in [0, 0.05) is 14.9 Å². The third-order valence-electron chi connectivity index (χ3n) is 3.52. The van der Waals surface area contributed by atoms with Gasteiger partial charge in [-0.3, -0.25) is 4.79 Å². The van der Waals surface area contributed by atoms with Gasteiger partial charge in [-0.05, 0) is 32.4 Å². The summed E-state index contributed by atoms with van der Waals surface area (Å²) in [4.78, 5) is 21.7. The Morgan fingerprint density at radius 2 is 2.09 bits per heavy atom. The molecule has 3 nitrogen and oxygen atoms in total. The predicted octanol–water partition coefficient (Wildman–Crippen LogP) is 5.33. The van der Waals surface area contributed by atoms with Crippen molar-refractivity contribution in [2.45, 2.75) is 26.1 Å². The van der Waals surface area contributed by atoms with E-state index in [0.717, 1.165) is 30.9 Å². The van der Waals surface area contributed by atoms with Crippen molar-refractivity contribution in [3.05, 3.63) is 49.3 Å². The molecule has 0 amide bonds. The lowest BCUT2D eigenvalue weighted by molar-refractivity contribution is 0.917. The van der Waals surface area contributed by atoms with Gasteiger partial charge in [-0.1, -0.05) is 33.6 Å². The Bertz CT molecular complexity index is 930. The number of H-pyrrole nitrogens is 1. The van der Waals surface area contributed by atoms with Crippen molar-refractivity contribution < 1.29 is 0 Å². The summed E-state index contributed by atoms with van der Waals surface area (Å²) in [7, 11) is 0. The molecule has 0 bridgehead atoms. The van der Waals surface area contributed by atoms with Crippen LogP contribution in [0.1, 0.15) is 28.6 Å². The summed E-state index contributed by atoms with van der Waals surface area (Å²) < 4.78 is 0.968. The SMILES string of the molecule is Cc1ccc(Br)c(-c2c(C)sc3nc(C(C)Cl)[nH]c(=O)c23)c1. The molecular formula is C16H14BrClN2OS. The van der Waals surface area contributed by atoms with Crippen molar-refractivity contribution in [2.75, 3.05) is 0 Å². The fraction of sp³-hybridized carbons (Fsp3) is 0.250. The third-order valence-corrected chi connectivity index (χ3v) is 5.42. The zero-order chi connectivity index (χ0) is 16.0. The highest BCUT2D eigenvalue weighted by molar-refractivity contribution is 9.10. The number of thiophene rings is 1. The molecule has 6 heteroatoms. The maximum absolute atomic E-state index is 12.5. The number of hydrogen-bond donors (Lipinski definition) is 1. The van der Waals surface area contributed by atoms with Crippen molar-refractivity contribution >= 4 is 49.1 Å². The first kappa shape index (κ1) is 15.7. The number of rotatable bonds is 2. The lowest BCUT2D eigenvalue weighted by Crippen LogP contribution is -2.11. The molecule has 2 aromatic heterocycles. The molecule has 114 valence electrons. The van der Waals surface area contributed by atoms with Crippen molar-refractivity contribution in [3.8, 4) is 11.1 Å². The van der Waals surface area contributed by atoms with Crippen LogP contribution < -0.4 is 5.56 Å². The second-order valence-corrected chi connectivity index (χ2v) is 7.98. The normalized spacial score (nSPS) is 12.8. The fourth-order valence-corrected chi connectivity index (χ4v) is 4.07. The molecule has 0 spiro atoms. The van der Waals surface area contributed by atoms with E-state index in [0.29, 0.717) is 11.2 Å². The monoisotopic (exact) mass is 396 g/mol. The van der Waals surface area contributed by atoms with E-state index < -0.39 is 0 Å². The van der Waals surface area contributed by atoms with Crippen molar-refractivity contribution in [1.82, 2.24) is 9.97 Å². The first-order valence-electron chi connectivity index (χ1n) is 6.82. The molecular weight excluding hydrogens is 384 g/mol. The van der Waals surface area contributed by atoms with Crippen LogP contribution in [0.2, 0.25) is 0 Å². The van der Waals surface area contributed by atoms with Crippen molar-refractivity contribution in [1.29, 1.82) is 0 Å². The van der Waals surface area contributed by atoms with Crippen LogP contribution in [0.3, 0.4) is 0 Å². The second-order valence-electron chi connectivity index (χ2n) is 5.26. The third kappa shape index (κ3) is 2.62. The minimum Gasteiger partial charge on any atom is -0.309 e. The minimum atomic E-state index is -0.325. The Kier molecular flexibility index (Phi) is 4.14. The van der Waals surface area contributed by atoms with Gasteiger partial charge in [0.2, 0.25) is 0 Å². The van der Waals surface area contributed by atoms with E-state index in [-0.39, 0.29) is 10.9 Å². The average Bonchev–Trinajstić information content (AvgIpc) is 2.78. The summed E-state index contributed by atoms with van der Waals surface area (Å²) in [6.07, 6.45) is 0. The lowest BCUT2D eigenvalue weighted by atomic mass is 10.0. The molecule has 0 saturated carbocycles. The summed E-state index contributed by atoms with van der Waals surface area (Å²) in [5.41, 5.74) is 2.97. The number of nitrogens with zero attached hydrogens (tertiary/aromatic N) is 1. The molecule has 22 heavy (non-hydrogen) atoms. The number of aromatic amines is 1. The van der Waals surface area contributed by atoms with Gasteiger partial charge in [-0.15, -0.1) is 22.9 Å². The Hall–Kier alpha value is -1.17. The van der Waals surface area contributed by atoms with E-state index in [1.54, 1.807) is 6.92 Å². The summed E-state index contributed by atoms with van der Waals surface area (Å²) in [5, 5.41) is 0.309. The molecule has 0 aliphatic heterocycles. The maximum Gasteiger partial charge on any atom is 0.260 e. The zero-order valence-corrected chi connectivity index (χ0v) is 15.5. The average molecular weight is 398 g/mol. The highest BCUT2D eigenvalue weighted by Crippen LogP contribution is 2.39. The molecule has 0 saturated heterocycles. The van der Waals surface area contributed by atoms with Crippen LogP contribution in [0.4, 0.5) is 0 Å². The molecule has 1 N–H and O–H groups in total. The van der Waals surface area contributed by atoms with Gasteiger partial charge in [-0.25, -0.2) is 4.98 Å². The van der Waals surface area contributed by atoms with Gasteiger partial charge in [-0.2, -0.15) is 0 Å². The number of fused-ring (bicyclic) bond motifs is 1. The van der Waals surface area contributed by atoms with Gasteiger partial charge in [0.05, 0.1) is 10.8 Å². The maximum atomic E-state index is 12.5. The molecule has 3 aromatic rings. The van der Waals surface area contributed by atoms with Gasteiger partial charge in [0.1, 0.15) is 10.7 Å². The zero-order valence-electron chi connectivity index (χ0n) is 12.3. The Labute approximate surface area is 145 Å². The van der Waals surface area contributed by atoms with Crippen LogP contribution in [-0.4, -0.2) is 9.97 Å². The van der Waals surface area contributed by atoms with Crippen LogP contribution in [0.5, 0.6) is 0 Å². The predicted molar refractivity (Wildman–Crippen MR) is 97.1 cm³/mol. The topological polar surface area (TPSA) is 45.8 Å². The molecule has 0 radical (unpaired) electrons. The van der Waals surface area contributed by atoms with Gasteiger partial charge >= 0.3 is 0 Å². The van der Waals surface area contributed by atoms with Crippen molar-refractivity contribution in [2.24, 2.45) is 0 Å². The van der Waals surface area contributed by atoms with Crippen LogP contribution in [-0.2, 0) is 0 Å². The number of alkyl halides is 1. The van der Waals surface area contributed by atoms with E-state index in [4.69, 9.17) is 11.6 Å². The molecule has 2 heterocycles. The highest BCUT2D eigenvalue weighted by atomic mass is 79.9. The Balaban J connectivity index is 2.38. The standard InChI is InChI=1S/C16H14BrClN2OS/c1-7-4-5-11(17)10(6-7)12-9(3)22-16-13(12)15(21)19-14(20-16)8(2)18/h4-6,8H,1-3H3,(H,19,20,21). The van der Waals surface area contributed by atoms with E-state index in [9.17, 15) is 4.79 Å². The second kappa shape index (κ2) is 5.80. The smallest absolute Gasteiger partial charge is 0.260 e.